The average Bonchev–Trinajstić information content (AvgIpc) is 3.37. The molecule has 1 amide bonds. The smallest absolute Gasteiger partial charge is 0.255 e. The molecular formula is C29H25FN8O3. The zero-order valence-electron chi connectivity index (χ0n) is 22.0. The van der Waals surface area contributed by atoms with E-state index in [0.717, 1.165) is 29.3 Å². The third kappa shape index (κ3) is 4.91. The maximum absolute atomic E-state index is 13.7. The molecule has 41 heavy (non-hydrogen) atoms. The van der Waals surface area contributed by atoms with E-state index in [-0.39, 0.29) is 18.0 Å². The molecule has 0 radical (unpaired) electrons. The number of benzene rings is 2. The molecule has 11 nitrogen and oxygen atoms in total. The number of nitrogens with two attached hydrogens (primary N) is 1. The van der Waals surface area contributed by atoms with Gasteiger partial charge in [-0.15, -0.1) is 0 Å². The van der Waals surface area contributed by atoms with E-state index in [9.17, 15) is 14.0 Å². The van der Waals surface area contributed by atoms with Gasteiger partial charge >= 0.3 is 0 Å². The number of carbonyl (C=O) groups excluding carboxylic acids is 2. The molecule has 0 aliphatic carbocycles. The van der Waals surface area contributed by atoms with Gasteiger partial charge in [-0.2, -0.15) is 5.10 Å². The zero-order valence-corrected chi connectivity index (χ0v) is 22.0. The zero-order chi connectivity index (χ0) is 28.5. The van der Waals surface area contributed by atoms with Crippen molar-refractivity contribution >= 4 is 34.9 Å². The molecule has 1 aliphatic rings. The Hall–Kier alpha value is -5.39. The Morgan fingerprint density at radius 2 is 1.93 bits per heavy atom. The summed E-state index contributed by atoms with van der Waals surface area (Å²) >= 11 is 0. The fourth-order valence-corrected chi connectivity index (χ4v) is 4.75. The molecule has 12 heteroatoms. The van der Waals surface area contributed by atoms with Gasteiger partial charge in [0.25, 0.3) is 5.91 Å². The number of hydrogen-bond acceptors (Lipinski definition) is 9. The molecule has 3 aromatic heterocycles. The van der Waals surface area contributed by atoms with E-state index >= 15 is 0 Å². The number of carbonyl (C=O) groups is 2. The highest BCUT2D eigenvalue weighted by Gasteiger charge is 2.27. The summed E-state index contributed by atoms with van der Waals surface area (Å²) in [6.07, 6.45) is 4.07. The Morgan fingerprint density at radius 3 is 2.63 bits per heavy atom. The normalized spacial score (nSPS) is 13.2. The number of nitrogen functional groups attached to an aromatic ring is 1. The van der Waals surface area contributed by atoms with E-state index in [0.29, 0.717) is 47.1 Å². The second-order valence-corrected chi connectivity index (χ2v) is 9.62. The average molecular weight is 553 g/mol. The number of rotatable bonds is 8. The van der Waals surface area contributed by atoms with Gasteiger partial charge in [-0.1, -0.05) is 24.3 Å². The van der Waals surface area contributed by atoms with Crippen molar-refractivity contribution in [3.8, 4) is 22.7 Å². The SMILES string of the molecule is COc1ccc(F)cc1C(=O)NCc1ccc(-c2nn(-c3ccc(N4CC(C=O)C4)nc3)c3ncnc(N)c23)cc1. The molecule has 1 aliphatic heterocycles. The summed E-state index contributed by atoms with van der Waals surface area (Å²) in [6.45, 7) is 1.54. The van der Waals surface area contributed by atoms with Crippen LogP contribution in [0, 0.1) is 11.7 Å². The van der Waals surface area contributed by atoms with Crippen molar-refractivity contribution in [1.29, 1.82) is 0 Å². The number of methoxy groups -OCH3 is 1. The van der Waals surface area contributed by atoms with Crippen LogP contribution in [0.5, 0.6) is 5.75 Å². The summed E-state index contributed by atoms with van der Waals surface area (Å²) in [6, 6.07) is 15.0. The number of aldehydes is 1. The predicted octanol–water partition coefficient (Wildman–Crippen LogP) is 3.17. The number of fused-ring (bicyclic) bond motifs is 1. The molecule has 0 saturated carbocycles. The number of anilines is 2. The fraction of sp³-hybridized carbons (Fsp3) is 0.172. The number of amides is 1. The summed E-state index contributed by atoms with van der Waals surface area (Å²) < 4.78 is 20.5. The molecule has 1 saturated heterocycles. The number of ether oxygens (including phenoxy) is 1. The Morgan fingerprint density at radius 1 is 1.12 bits per heavy atom. The molecular weight excluding hydrogens is 527 g/mol. The Balaban J connectivity index is 1.24. The molecule has 0 bridgehead atoms. The van der Waals surface area contributed by atoms with Crippen molar-refractivity contribution in [3.63, 3.8) is 0 Å². The number of halogens is 1. The van der Waals surface area contributed by atoms with E-state index in [1.165, 1.54) is 25.6 Å². The van der Waals surface area contributed by atoms with Gasteiger partial charge in [0.15, 0.2) is 5.65 Å². The monoisotopic (exact) mass is 552 g/mol. The molecule has 0 spiro atoms. The maximum atomic E-state index is 13.7. The van der Waals surface area contributed by atoms with Crippen LogP contribution in [0.2, 0.25) is 0 Å². The van der Waals surface area contributed by atoms with Crippen molar-refractivity contribution in [3.05, 3.63) is 84.1 Å². The second-order valence-electron chi connectivity index (χ2n) is 9.62. The highest BCUT2D eigenvalue weighted by atomic mass is 19.1. The first-order valence-corrected chi connectivity index (χ1v) is 12.8. The van der Waals surface area contributed by atoms with Crippen LogP contribution in [0.25, 0.3) is 28.0 Å². The van der Waals surface area contributed by atoms with Crippen molar-refractivity contribution in [2.75, 3.05) is 30.8 Å². The van der Waals surface area contributed by atoms with Gasteiger partial charge in [-0.25, -0.2) is 24.0 Å². The summed E-state index contributed by atoms with van der Waals surface area (Å²) in [4.78, 5) is 38.8. The molecule has 0 unspecified atom stereocenters. The number of hydrogen-bond donors (Lipinski definition) is 2. The van der Waals surface area contributed by atoms with Gasteiger partial charge in [-0.3, -0.25) is 4.79 Å². The van der Waals surface area contributed by atoms with Crippen molar-refractivity contribution in [2.45, 2.75) is 6.54 Å². The minimum absolute atomic E-state index is 0.0494. The molecule has 6 rings (SSSR count). The lowest BCUT2D eigenvalue weighted by Gasteiger charge is -2.37. The minimum atomic E-state index is -0.522. The molecule has 206 valence electrons. The van der Waals surface area contributed by atoms with Gasteiger partial charge in [0.1, 0.15) is 41.5 Å². The van der Waals surface area contributed by atoms with E-state index in [4.69, 9.17) is 15.6 Å². The van der Waals surface area contributed by atoms with Crippen LogP contribution in [-0.4, -0.2) is 57.1 Å². The highest BCUT2D eigenvalue weighted by molar-refractivity contribution is 5.99. The first kappa shape index (κ1) is 25.9. The van der Waals surface area contributed by atoms with Crippen molar-refractivity contribution < 1.29 is 18.7 Å². The maximum Gasteiger partial charge on any atom is 0.255 e. The van der Waals surface area contributed by atoms with Gasteiger partial charge in [0.05, 0.1) is 29.9 Å². The topological polar surface area (TPSA) is 141 Å². The fourth-order valence-electron chi connectivity index (χ4n) is 4.75. The largest absolute Gasteiger partial charge is 0.496 e. The third-order valence-electron chi connectivity index (χ3n) is 6.98. The van der Waals surface area contributed by atoms with Crippen molar-refractivity contribution in [2.24, 2.45) is 5.92 Å². The van der Waals surface area contributed by atoms with E-state index < -0.39 is 11.7 Å². The molecule has 2 aromatic carbocycles. The Kier molecular flexibility index (Phi) is 6.71. The molecule has 5 aromatic rings. The molecule has 3 N–H and O–H groups in total. The summed E-state index contributed by atoms with van der Waals surface area (Å²) in [7, 11) is 1.43. The number of pyridine rings is 1. The van der Waals surface area contributed by atoms with Gasteiger partial charge in [-0.05, 0) is 35.9 Å². The lowest BCUT2D eigenvalue weighted by Crippen LogP contribution is -2.47. The number of nitrogens with zero attached hydrogens (tertiary/aromatic N) is 6. The first-order valence-electron chi connectivity index (χ1n) is 12.8. The lowest BCUT2D eigenvalue weighted by atomic mass is 10.0. The quantitative estimate of drug-likeness (QED) is 0.278. The number of nitrogens with one attached hydrogen (secondary N) is 1. The van der Waals surface area contributed by atoms with Crippen LogP contribution >= 0.6 is 0 Å². The predicted molar refractivity (Wildman–Crippen MR) is 150 cm³/mol. The lowest BCUT2D eigenvalue weighted by molar-refractivity contribution is -0.111. The second kappa shape index (κ2) is 10.6. The Bertz CT molecular complexity index is 1750. The van der Waals surface area contributed by atoms with Crippen LogP contribution in [0.1, 0.15) is 15.9 Å². The standard InChI is InChI=1S/C29H25FN8O3/c1-41-23-8-6-20(30)10-22(23)29(40)33-11-17-2-4-19(5-3-17)26-25-27(31)34-16-35-28(25)38(36-26)21-7-9-24(32-12-21)37-13-18(14-37)15-39/h2-10,12,15-16,18H,11,13-14H2,1H3,(H,33,40)(H2,31,34,35). The minimum Gasteiger partial charge on any atom is -0.496 e. The molecule has 0 atom stereocenters. The van der Waals surface area contributed by atoms with E-state index in [1.54, 1.807) is 10.9 Å². The van der Waals surface area contributed by atoms with Gasteiger partial charge in [0, 0.05) is 31.1 Å². The third-order valence-corrected chi connectivity index (χ3v) is 6.98. The van der Waals surface area contributed by atoms with E-state index in [1.807, 2.05) is 41.3 Å². The summed E-state index contributed by atoms with van der Waals surface area (Å²) in [5.74, 6) is 0.452. The van der Waals surface area contributed by atoms with Crippen molar-refractivity contribution in [1.82, 2.24) is 30.0 Å². The number of aromatic nitrogens is 5. The first-order chi connectivity index (χ1) is 19.9. The van der Waals surface area contributed by atoms with Crippen LogP contribution in [0.3, 0.4) is 0 Å². The van der Waals surface area contributed by atoms with Gasteiger partial charge in [0.2, 0.25) is 0 Å². The van der Waals surface area contributed by atoms with E-state index in [2.05, 4.69) is 20.3 Å². The summed E-state index contributed by atoms with van der Waals surface area (Å²) in [5, 5.41) is 8.21. The molecule has 4 heterocycles. The highest BCUT2D eigenvalue weighted by Crippen LogP contribution is 2.32. The van der Waals surface area contributed by atoms with Crippen LogP contribution in [0.15, 0.2) is 67.1 Å². The molecule has 1 fully saturated rings. The van der Waals surface area contributed by atoms with Crippen LogP contribution < -0.4 is 20.7 Å². The summed E-state index contributed by atoms with van der Waals surface area (Å²) in [5.41, 5.74) is 9.82. The van der Waals surface area contributed by atoms with Gasteiger partial charge < -0.3 is 25.5 Å². The van der Waals surface area contributed by atoms with Crippen LogP contribution in [0.4, 0.5) is 16.0 Å². The Labute approximate surface area is 233 Å². The van der Waals surface area contributed by atoms with Crippen LogP contribution in [-0.2, 0) is 11.3 Å².